The first kappa shape index (κ1) is 33.5. The molecule has 0 radical (unpaired) electrons. The van der Waals surface area contributed by atoms with Gasteiger partial charge in [0.25, 0.3) is 0 Å². The van der Waals surface area contributed by atoms with Crippen LogP contribution in [-0.4, -0.2) is 18.3 Å². The minimum absolute atomic E-state index is 1.13. The predicted octanol–water partition coefficient (Wildman–Crippen LogP) is 15.2. The van der Waals surface area contributed by atoms with E-state index >= 15 is 0 Å². The van der Waals surface area contributed by atoms with Gasteiger partial charge in [-0.25, -0.2) is 0 Å². The Bertz CT molecular complexity index is 3870. The molecule has 288 valence electrons. The molecule has 4 aromatic heterocycles. The van der Waals surface area contributed by atoms with Gasteiger partial charge in [-0.3, -0.25) is 0 Å². The van der Waals surface area contributed by atoms with Crippen molar-refractivity contribution < 1.29 is 0 Å². The molecule has 4 nitrogen and oxygen atoms in total. The average molecular weight is 789 g/mol. The lowest BCUT2D eigenvalue weighted by atomic mass is 10.0. The van der Waals surface area contributed by atoms with Gasteiger partial charge in [-0.15, -0.1) is 0 Å². The van der Waals surface area contributed by atoms with Crippen molar-refractivity contribution in [3.63, 3.8) is 0 Å². The van der Waals surface area contributed by atoms with E-state index in [0.717, 1.165) is 33.8 Å². The smallest absolute Gasteiger partial charge is 0.0803 e. The van der Waals surface area contributed by atoms with Crippen LogP contribution in [0.2, 0.25) is 0 Å². The third kappa shape index (κ3) is 4.50. The second-order valence-electron chi connectivity index (χ2n) is 16.5. The number of rotatable bonds is 4. The van der Waals surface area contributed by atoms with E-state index in [4.69, 9.17) is 0 Å². The van der Waals surface area contributed by atoms with Gasteiger partial charge in [-0.05, 0) is 106 Å². The van der Waals surface area contributed by atoms with Crippen molar-refractivity contribution >= 4 is 98.0 Å². The molecule has 14 rings (SSSR count). The highest BCUT2D eigenvalue weighted by Gasteiger charge is 2.25. The number of fused-ring (bicyclic) bond motifs is 15. The van der Waals surface area contributed by atoms with Crippen LogP contribution in [0, 0.1) is 0 Å². The average Bonchev–Trinajstić information content (AvgIpc) is 4.06. The molecule has 62 heavy (non-hydrogen) atoms. The van der Waals surface area contributed by atoms with E-state index in [9.17, 15) is 0 Å². The highest BCUT2D eigenvalue weighted by molar-refractivity contribution is 6.24. The Kier molecular flexibility index (Phi) is 6.80. The van der Waals surface area contributed by atoms with Crippen molar-refractivity contribution in [2.24, 2.45) is 0 Å². The molecule has 0 aliphatic carbocycles. The molecule has 0 saturated carbocycles. The molecule has 0 fully saturated rings. The number of aromatic nitrogens is 4. The van der Waals surface area contributed by atoms with Gasteiger partial charge >= 0.3 is 0 Å². The number of hydrogen-bond donors (Lipinski definition) is 0. The minimum Gasteiger partial charge on any atom is -0.309 e. The van der Waals surface area contributed by atoms with Gasteiger partial charge in [0.1, 0.15) is 0 Å². The largest absolute Gasteiger partial charge is 0.309 e. The van der Waals surface area contributed by atoms with E-state index in [1.165, 1.54) is 87.0 Å². The molecule has 0 atom stereocenters. The number of hydrogen-bond acceptors (Lipinski definition) is 0. The molecule has 0 saturated heterocycles. The van der Waals surface area contributed by atoms with Crippen LogP contribution in [0.15, 0.2) is 218 Å². The summed E-state index contributed by atoms with van der Waals surface area (Å²) in [6, 6.07) is 80.2. The fraction of sp³-hybridized carbons (Fsp3) is 0. The van der Waals surface area contributed by atoms with E-state index in [1.54, 1.807) is 0 Å². The first-order valence-electron chi connectivity index (χ1n) is 21.4. The highest BCUT2D eigenvalue weighted by atomic mass is 15.1. The maximum atomic E-state index is 2.49. The van der Waals surface area contributed by atoms with Crippen molar-refractivity contribution in [2.45, 2.75) is 0 Å². The Labute approximate surface area is 355 Å². The van der Waals surface area contributed by atoms with Crippen LogP contribution in [-0.2, 0) is 0 Å². The second-order valence-corrected chi connectivity index (χ2v) is 16.5. The summed E-state index contributed by atoms with van der Waals surface area (Å²) in [4.78, 5) is 0. The van der Waals surface area contributed by atoms with Gasteiger partial charge in [-0.2, -0.15) is 0 Å². The summed E-state index contributed by atoms with van der Waals surface area (Å²) >= 11 is 0. The van der Waals surface area contributed by atoms with E-state index in [2.05, 4.69) is 237 Å². The maximum Gasteiger partial charge on any atom is 0.0803 e. The summed E-state index contributed by atoms with van der Waals surface area (Å²) in [5.74, 6) is 0. The van der Waals surface area contributed by atoms with E-state index in [1.807, 2.05) is 0 Å². The monoisotopic (exact) mass is 788 g/mol. The highest BCUT2D eigenvalue weighted by Crippen LogP contribution is 2.44. The maximum absolute atomic E-state index is 2.49. The normalized spacial score (nSPS) is 12.2. The molecule has 0 unspecified atom stereocenters. The summed E-state index contributed by atoms with van der Waals surface area (Å²) in [6.45, 7) is 0. The van der Waals surface area contributed by atoms with Crippen molar-refractivity contribution in [1.29, 1.82) is 0 Å². The molecule has 0 N–H and O–H groups in total. The fourth-order valence-corrected chi connectivity index (χ4v) is 10.8. The van der Waals surface area contributed by atoms with E-state index < -0.39 is 0 Å². The first-order valence-corrected chi connectivity index (χ1v) is 21.4. The molecular formula is C58H36N4. The van der Waals surface area contributed by atoms with Gasteiger partial charge in [0, 0.05) is 55.1 Å². The molecule has 0 bridgehead atoms. The first-order chi connectivity index (χ1) is 30.8. The minimum atomic E-state index is 1.13. The lowest BCUT2D eigenvalue weighted by molar-refractivity contribution is 1.16. The van der Waals surface area contributed by atoms with Gasteiger partial charge in [-0.1, -0.05) is 133 Å². The molecule has 10 aromatic carbocycles. The van der Waals surface area contributed by atoms with Crippen LogP contribution in [0.1, 0.15) is 0 Å². The van der Waals surface area contributed by atoms with Crippen molar-refractivity contribution in [3.05, 3.63) is 218 Å². The van der Waals surface area contributed by atoms with Crippen molar-refractivity contribution in [1.82, 2.24) is 18.3 Å². The molecule has 4 heterocycles. The molecule has 0 spiro atoms. The van der Waals surface area contributed by atoms with E-state index in [-0.39, 0.29) is 0 Å². The predicted molar refractivity (Wildman–Crippen MR) is 261 cm³/mol. The van der Waals surface area contributed by atoms with Gasteiger partial charge in [0.2, 0.25) is 0 Å². The summed E-state index contributed by atoms with van der Waals surface area (Å²) in [7, 11) is 0. The Morgan fingerprint density at radius 3 is 1.05 bits per heavy atom. The summed E-state index contributed by atoms with van der Waals surface area (Å²) in [5, 5.41) is 12.5. The molecule has 0 aliphatic rings. The van der Waals surface area contributed by atoms with Gasteiger partial charge in [0.15, 0.2) is 0 Å². The third-order valence-corrected chi connectivity index (χ3v) is 13.3. The summed E-state index contributed by atoms with van der Waals surface area (Å²) in [6.07, 6.45) is 0. The van der Waals surface area contributed by atoms with Crippen LogP contribution in [0.4, 0.5) is 0 Å². The number of benzene rings is 10. The zero-order valence-electron chi connectivity index (χ0n) is 33.6. The standard InChI is InChI=1S/C58H36N4/c1-3-17-39(18-4-1)61-53-35-41(59-49-25-13-11-23-45(49)55-43-21-9-7-15-37(43)27-33-51(55)59)29-31-47(53)58-57(61)48-32-30-42(36-54(48)62(58)40-19-5-2-6-20-40)60-50-26-14-12-24-46(50)56-44-22-10-8-16-38(44)28-34-52(56)60/h1-36H. The number of nitrogens with zero attached hydrogens (tertiary/aromatic N) is 4. The topological polar surface area (TPSA) is 19.7 Å². The van der Waals surface area contributed by atoms with Crippen molar-refractivity contribution in [3.8, 4) is 22.7 Å². The SMILES string of the molecule is c1ccc(-n2c3cc(-n4c5ccccc5c5c6ccccc6ccc54)ccc3c3c2c2ccc(-n4c5ccccc5c5c6ccccc6ccc54)cc2n3-c2ccccc2)cc1. The van der Waals surface area contributed by atoms with Gasteiger partial charge < -0.3 is 18.3 Å². The van der Waals surface area contributed by atoms with Crippen LogP contribution in [0.5, 0.6) is 0 Å². The van der Waals surface area contributed by atoms with Gasteiger partial charge in [0.05, 0.1) is 44.1 Å². The third-order valence-electron chi connectivity index (χ3n) is 13.3. The van der Waals surface area contributed by atoms with Crippen LogP contribution < -0.4 is 0 Å². The van der Waals surface area contributed by atoms with Crippen LogP contribution in [0.3, 0.4) is 0 Å². The fourth-order valence-electron chi connectivity index (χ4n) is 10.8. The lowest BCUT2D eigenvalue weighted by Crippen LogP contribution is -1.98. The lowest BCUT2D eigenvalue weighted by Gasteiger charge is -2.13. The zero-order valence-corrected chi connectivity index (χ0v) is 33.6. The Morgan fingerprint density at radius 2 is 0.597 bits per heavy atom. The Hall–Kier alpha value is -8.34. The molecular weight excluding hydrogens is 753 g/mol. The summed E-state index contributed by atoms with van der Waals surface area (Å²) in [5.41, 5.74) is 14.0. The zero-order chi connectivity index (χ0) is 40.5. The van der Waals surface area contributed by atoms with E-state index in [0.29, 0.717) is 0 Å². The molecule has 0 aliphatic heterocycles. The molecule has 0 amide bonds. The Balaban J connectivity index is 1.09. The number of para-hydroxylation sites is 4. The molecule has 4 heteroatoms. The van der Waals surface area contributed by atoms with Crippen LogP contribution in [0.25, 0.3) is 121 Å². The van der Waals surface area contributed by atoms with Crippen molar-refractivity contribution in [2.75, 3.05) is 0 Å². The second kappa shape index (κ2) is 12.6. The summed E-state index contributed by atoms with van der Waals surface area (Å²) < 4.78 is 9.89. The van der Waals surface area contributed by atoms with Crippen LogP contribution >= 0.6 is 0 Å². The quantitative estimate of drug-likeness (QED) is 0.169. The molecule has 14 aromatic rings. The Morgan fingerprint density at radius 1 is 0.210 bits per heavy atom.